The third-order valence-corrected chi connectivity index (χ3v) is 6.63. The molecule has 0 saturated carbocycles. The fourth-order valence-electron chi connectivity index (χ4n) is 4.54. The molecule has 3 N–H and O–H groups in total. The van der Waals surface area contributed by atoms with Crippen molar-refractivity contribution in [2.24, 2.45) is 11.1 Å². The van der Waals surface area contributed by atoms with Gasteiger partial charge in [0.2, 0.25) is 11.8 Å². The molecule has 2 unspecified atom stereocenters. The maximum atomic E-state index is 13.7. The minimum absolute atomic E-state index is 0.0290. The first kappa shape index (κ1) is 25.6. The van der Waals surface area contributed by atoms with Crippen LogP contribution >= 0.6 is 0 Å². The summed E-state index contributed by atoms with van der Waals surface area (Å²) in [5.41, 5.74) is 6.69. The van der Waals surface area contributed by atoms with E-state index in [9.17, 15) is 14.4 Å². The molecule has 2 aromatic rings. The highest BCUT2D eigenvalue weighted by atomic mass is 16.5. The monoisotopic (exact) mass is 491 g/mol. The number of rotatable bonds is 9. The zero-order valence-electron chi connectivity index (χ0n) is 20.7. The van der Waals surface area contributed by atoms with Crippen molar-refractivity contribution in [2.75, 3.05) is 26.3 Å². The minimum atomic E-state index is -1.17. The molecular formula is C28H33N3O5. The van der Waals surface area contributed by atoms with E-state index in [1.54, 1.807) is 18.7 Å². The van der Waals surface area contributed by atoms with Gasteiger partial charge in [0.1, 0.15) is 18.1 Å². The Bertz CT molecular complexity index is 1130. The predicted molar refractivity (Wildman–Crippen MR) is 134 cm³/mol. The quantitative estimate of drug-likeness (QED) is 0.410. The van der Waals surface area contributed by atoms with E-state index in [2.05, 4.69) is 5.32 Å². The summed E-state index contributed by atoms with van der Waals surface area (Å²) in [4.78, 5) is 41.0. The summed E-state index contributed by atoms with van der Waals surface area (Å²) in [5.74, 6) is -1.13. The highest BCUT2D eigenvalue weighted by Crippen LogP contribution is 2.41. The third kappa shape index (κ3) is 5.66. The van der Waals surface area contributed by atoms with E-state index in [4.69, 9.17) is 15.2 Å². The summed E-state index contributed by atoms with van der Waals surface area (Å²) < 4.78 is 11.3. The molecule has 2 heterocycles. The summed E-state index contributed by atoms with van der Waals surface area (Å²) in [7, 11) is 0. The van der Waals surface area contributed by atoms with Crippen molar-refractivity contribution < 1.29 is 23.9 Å². The number of amides is 2. The molecule has 2 aliphatic rings. The molecule has 4 rings (SSSR count). The average Bonchev–Trinajstić information content (AvgIpc) is 3.18. The third-order valence-electron chi connectivity index (χ3n) is 6.63. The van der Waals surface area contributed by atoms with Crippen LogP contribution in [0, 0.1) is 5.41 Å². The molecule has 2 aliphatic heterocycles. The van der Waals surface area contributed by atoms with Crippen LogP contribution in [0.15, 0.2) is 72.3 Å². The van der Waals surface area contributed by atoms with Gasteiger partial charge in [0.15, 0.2) is 0 Å². The highest BCUT2D eigenvalue weighted by Gasteiger charge is 2.52. The van der Waals surface area contributed by atoms with Gasteiger partial charge in [-0.2, -0.15) is 0 Å². The van der Waals surface area contributed by atoms with Crippen LogP contribution in [0.25, 0.3) is 0 Å². The summed E-state index contributed by atoms with van der Waals surface area (Å²) >= 11 is 0. The second-order valence-corrected chi connectivity index (χ2v) is 10.0. The van der Waals surface area contributed by atoms with Gasteiger partial charge < -0.3 is 25.4 Å². The van der Waals surface area contributed by atoms with Gasteiger partial charge in [-0.1, -0.05) is 66.7 Å². The Kier molecular flexibility index (Phi) is 7.56. The Morgan fingerprint density at radius 1 is 1.11 bits per heavy atom. The number of carbonyl (C=O) groups is 3. The Balaban J connectivity index is 1.53. The molecule has 2 amide bonds. The van der Waals surface area contributed by atoms with Crippen LogP contribution in [-0.4, -0.2) is 60.6 Å². The lowest BCUT2D eigenvalue weighted by molar-refractivity contribution is -0.149. The topological polar surface area (TPSA) is 111 Å². The molecule has 36 heavy (non-hydrogen) atoms. The van der Waals surface area contributed by atoms with Crippen LogP contribution in [0.3, 0.4) is 0 Å². The molecule has 0 aliphatic carbocycles. The molecule has 0 bridgehead atoms. The molecular weight excluding hydrogens is 458 g/mol. The van der Waals surface area contributed by atoms with E-state index in [0.29, 0.717) is 19.6 Å². The van der Waals surface area contributed by atoms with Gasteiger partial charge in [0.25, 0.3) is 0 Å². The lowest BCUT2D eigenvalue weighted by Crippen LogP contribution is -2.59. The summed E-state index contributed by atoms with van der Waals surface area (Å²) in [6, 6.07) is 18.3. The molecule has 2 aromatic carbocycles. The van der Waals surface area contributed by atoms with Gasteiger partial charge in [-0.05, 0) is 37.0 Å². The number of hydrogen-bond acceptors (Lipinski definition) is 6. The van der Waals surface area contributed by atoms with Crippen LogP contribution < -0.4 is 11.1 Å². The van der Waals surface area contributed by atoms with Gasteiger partial charge in [-0.3, -0.25) is 14.4 Å². The SMILES string of the molecule is CC(C)(N)C(=O)NC(COCc1ccccc1)C(=O)N1CC=C2COC(=O)C2(Cc2ccccc2)C1. The van der Waals surface area contributed by atoms with E-state index >= 15 is 0 Å². The van der Waals surface area contributed by atoms with Crippen LogP contribution in [-0.2, 0) is 36.9 Å². The van der Waals surface area contributed by atoms with Gasteiger partial charge in [0, 0.05) is 13.1 Å². The fraction of sp³-hybridized carbons (Fsp3) is 0.393. The number of esters is 1. The number of nitrogens with one attached hydrogen (secondary N) is 1. The number of carbonyl (C=O) groups excluding carboxylic acids is 3. The van der Waals surface area contributed by atoms with Crippen molar-refractivity contribution in [1.82, 2.24) is 10.2 Å². The lowest BCUT2D eigenvalue weighted by atomic mass is 9.74. The maximum Gasteiger partial charge on any atom is 0.318 e. The largest absolute Gasteiger partial charge is 0.460 e. The molecule has 190 valence electrons. The Hall–Kier alpha value is -3.49. The summed E-state index contributed by atoms with van der Waals surface area (Å²) in [6.45, 7) is 4.14. The zero-order chi connectivity index (χ0) is 25.8. The Morgan fingerprint density at radius 3 is 2.39 bits per heavy atom. The van der Waals surface area contributed by atoms with Gasteiger partial charge >= 0.3 is 5.97 Å². The van der Waals surface area contributed by atoms with Gasteiger partial charge in [0.05, 0.1) is 18.8 Å². The van der Waals surface area contributed by atoms with E-state index in [1.807, 2.05) is 66.7 Å². The van der Waals surface area contributed by atoms with E-state index in [0.717, 1.165) is 16.7 Å². The van der Waals surface area contributed by atoms with Crippen LogP contribution in [0.2, 0.25) is 0 Å². The number of nitrogens with zero attached hydrogens (tertiary/aromatic N) is 1. The van der Waals surface area contributed by atoms with Crippen LogP contribution in [0.1, 0.15) is 25.0 Å². The van der Waals surface area contributed by atoms with Crippen LogP contribution in [0.5, 0.6) is 0 Å². The first-order chi connectivity index (χ1) is 17.2. The number of ether oxygens (including phenoxy) is 2. The van der Waals surface area contributed by atoms with Crippen molar-refractivity contribution in [3.8, 4) is 0 Å². The predicted octanol–water partition coefficient (Wildman–Crippen LogP) is 1.98. The van der Waals surface area contributed by atoms with Crippen molar-refractivity contribution in [3.63, 3.8) is 0 Å². The van der Waals surface area contributed by atoms with Crippen molar-refractivity contribution >= 4 is 17.8 Å². The van der Waals surface area contributed by atoms with Crippen LogP contribution in [0.4, 0.5) is 0 Å². The van der Waals surface area contributed by atoms with E-state index in [-0.39, 0.29) is 31.6 Å². The molecule has 2 atom stereocenters. The number of fused-ring (bicyclic) bond motifs is 1. The normalized spacial score (nSPS) is 20.2. The first-order valence-corrected chi connectivity index (χ1v) is 12.1. The van der Waals surface area contributed by atoms with Gasteiger partial charge in [-0.15, -0.1) is 0 Å². The second kappa shape index (κ2) is 10.6. The number of cyclic esters (lactones) is 1. The summed E-state index contributed by atoms with van der Waals surface area (Å²) in [6.07, 6.45) is 2.32. The number of benzene rings is 2. The van der Waals surface area contributed by atoms with E-state index in [1.165, 1.54) is 0 Å². The molecule has 1 fully saturated rings. The standard InChI is InChI=1S/C28H33N3O5/c1-27(2,29)25(33)30-23(18-35-16-21-11-7-4-8-12-21)24(32)31-14-13-22-17-36-26(34)28(22,19-31)15-20-9-5-3-6-10-20/h3-13,23H,14-19,29H2,1-2H3,(H,30,33). The number of nitrogens with two attached hydrogens (primary N) is 1. The highest BCUT2D eigenvalue weighted by molar-refractivity contribution is 5.92. The molecule has 0 aromatic heterocycles. The van der Waals surface area contributed by atoms with Gasteiger partial charge in [-0.25, -0.2) is 0 Å². The molecule has 8 nitrogen and oxygen atoms in total. The molecule has 8 heteroatoms. The Morgan fingerprint density at radius 2 is 1.75 bits per heavy atom. The average molecular weight is 492 g/mol. The lowest BCUT2D eigenvalue weighted by Gasteiger charge is -2.38. The minimum Gasteiger partial charge on any atom is -0.460 e. The van der Waals surface area contributed by atoms with E-state index < -0.39 is 22.9 Å². The number of hydrogen-bond donors (Lipinski definition) is 2. The Labute approximate surface area is 211 Å². The second-order valence-electron chi connectivity index (χ2n) is 10.0. The fourth-order valence-corrected chi connectivity index (χ4v) is 4.54. The van der Waals surface area contributed by atoms with Crippen molar-refractivity contribution in [2.45, 2.75) is 38.5 Å². The smallest absolute Gasteiger partial charge is 0.318 e. The molecule has 1 saturated heterocycles. The maximum absolute atomic E-state index is 13.7. The zero-order valence-corrected chi connectivity index (χ0v) is 20.7. The molecule has 0 spiro atoms. The van der Waals surface area contributed by atoms with Crippen molar-refractivity contribution in [3.05, 3.63) is 83.4 Å². The first-order valence-electron chi connectivity index (χ1n) is 12.1. The molecule has 0 radical (unpaired) electrons. The van der Waals surface area contributed by atoms with Crippen molar-refractivity contribution in [1.29, 1.82) is 0 Å². The summed E-state index contributed by atoms with van der Waals surface area (Å²) in [5, 5.41) is 2.76.